The van der Waals surface area contributed by atoms with Gasteiger partial charge in [-0.2, -0.15) is 5.10 Å². The molecule has 0 bridgehead atoms. The second kappa shape index (κ2) is 6.89. The summed E-state index contributed by atoms with van der Waals surface area (Å²) in [5, 5.41) is 7.39. The molecule has 19 heavy (non-hydrogen) atoms. The van der Waals surface area contributed by atoms with Crippen LogP contribution in [0.2, 0.25) is 0 Å². The number of halogens is 1. The standard InChI is InChI=1S/C14H18FN3O/c1-19-14-4-2-3-12(9-14)10-16-11-13-5-7-17-18(13)8-6-15/h2-5,7,9,16H,6,8,10-11H2,1H3. The van der Waals surface area contributed by atoms with E-state index in [9.17, 15) is 4.39 Å². The van der Waals surface area contributed by atoms with E-state index in [1.54, 1.807) is 18.0 Å². The number of methoxy groups -OCH3 is 1. The fraction of sp³-hybridized carbons (Fsp3) is 0.357. The first-order valence-electron chi connectivity index (χ1n) is 6.24. The van der Waals surface area contributed by atoms with Crippen LogP contribution in [0.1, 0.15) is 11.3 Å². The van der Waals surface area contributed by atoms with E-state index in [2.05, 4.69) is 10.4 Å². The van der Waals surface area contributed by atoms with Crippen LogP contribution >= 0.6 is 0 Å². The molecular weight excluding hydrogens is 245 g/mol. The number of hydrogen-bond donors (Lipinski definition) is 1. The lowest BCUT2D eigenvalue weighted by molar-refractivity contribution is 0.413. The molecule has 0 fully saturated rings. The number of alkyl halides is 1. The molecular formula is C14H18FN3O. The minimum Gasteiger partial charge on any atom is -0.497 e. The van der Waals surface area contributed by atoms with E-state index >= 15 is 0 Å². The van der Waals surface area contributed by atoms with Gasteiger partial charge >= 0.3 is 0 Å². The number of benzene rings is 1. The van der Waals surface area contributed by atoms with Gasteiger partial charge in [-0.3, -0.25) is 4.68 Å². The van der Waals surface area contributed by atoms with Gasteiger partial charge in [0, 0.05) is 19.3 Å². The van der Waals surface area contributed by atoms with E-state index in [0.29, 0.717) is 13.1 Å². The molecule has 0 aliphatic heterocycles. The molecule has 0 amide bonds. The first kappa shape index (κ1) is 13.5. The number of nitrogens with one attached hydrogen (secondary N) is 1. The zero-order chi connectivity index (χ0) is 13.5. The Kier molecular flexibility index (Phi) is 4.92. The van der Waals surface area contributed by atoms with Gasteiger partial charge in [-0.15, -0.1) is 0 Å². The van der Waals surface area contributed by atoms with E-state index < -0.39 is 6.67 Å². The van der Waals surface area contributed by atoms with E-state index in [4.69, 9.17) is 4.74 Å². The maximum Gasteiger partial charge on any atom is 0.119 e. The lowest BCUT2D eigenvalue weighted by Crippen LogP contribution is -2.17. The third-order valence-corrected chi connectivity index (χ3v) is 2.87. The van der Waals surface area contributed by atoms with Crippen molar-refractivity contribution < 1.29 is 9.13 Å². The average molecular weight is 263 g/mol. The molecule has 0 radical (unpaired) electrons. The quantitative estimate of drug-likeness (QED) is 0.832. The zero-order valence-electron chi connectivity index (χ0n) is 11.0. The second-order valence-corrected chi connectivity index (χ2v) is 4.19. The minimum atomic E-state index is -0.398. The largest absolute Gasteiger partial charge is 0.497 e. The van der Waals surface area contributed by atoms with Crippen LogP contribution in [0.4, 0.5) is 4.39 Å². The van der Waals surface area contributed by atoms with Crippen molar-refractivity contribution in [3.8, 4) is 5.75 Å². The van der Waals surface area contributed by atoms with Crippen molar-refractivity contribution in [3.63, 3.8) is 0 Å². The molecule has 0 saturated heterocycles. The molecule has 0 unspecified atom stereocenters. The summed E-state index contributed by atoms with van der Waals surface area (Å²) in [6.07, 6.45) is 1.69. The predicted octanol–water partition coefficient (Wildman–Crippen LogP) is 2.15. The molecule has 1 aromatic carbocycles. The summed E-state index contributed by atoms with van der Waals surface area (Å²) in [5.74, 6) is 0.849. The topological polar surface area (TPSA) is 39.1 Å². The van der Waals surface area contributed by atoms with E-state index in [0.717, 1.165) is 23.6 Å². The molecule has 0 aliphatic rings. The van der Waals surface area contributed by atoms with Crippen molar-refractivity contribution in [1.29, 1.82) is 0 Å². The van der Waals surface area contributed by atoms with Crippen molar-refractivity contribution in [2.75, 3.05) is 13.8 Å². The number of aryl methyl sites for hydroxylation is 1. The van der Waals surface area contributed by atoms with Gasteiger partial charge in [-0.1, -0.05) is 12.1 Å². The van der Waals surface area contributed by atoms with Crippen molar-refractivity contribution in [3.05, 3.63) is 47.8 Å². The van der Waals surface area contributed by atoms with E-state index in [1.165, 1.54) is 0 Å². The predicted molar refractivity (Wildman–Crippen MR) is 71.7 cm³/mol. The molecule has 102 valence electrons. The summed E-state index contributed by atoms with van der Waals surface area (Å²) < 4.78 is 19.2. The molecule has 2 rings (SSSR count). The van der Waals surface area contributed by atoms with Crippen LogP contribution in [-0.2, 0) is 19.6 Å². The Morgan fingerprint density at radius 1 is 1.32 bits per heavy atom. The van der Waals surface area contributed by atoms with Crippen molar-refractivity contribution in [2.24, 2.45) is 0 Å². The third kappa shape index (κ3) is 3.79. The second-order valence-electron chi connectivity index (χ2n) is 4.19. The first-order valence-corrected chi connectivity index (χ1v) is 6.24. The Morgan fingerprint density at radius 2 is 2.21 bits per heavy atom. The van der Waals surface area contributed by atoms with Crippen molar-refractivity contribution in [2.45, 2.75) is 19.6 Å². The average Bonchev–Trinajstić information content (AvgIpc) is 2.87. The summed E-state index contributed by atoms with van der Waals surface area (Å²) in [4.78, 5) is 0. The van der Waals surface area contributed by atoms with Gasteiger partial charge < -0.3 is 10.1 Å². The summed E-state index contributed by atoms with van der Waals surface area (Å²) in [7, 11) is 1.65. The fourth-order valence-corrected chi connectivity index (χ4v) is 1.91. The highest BCUT2D eigenvalue weighted by Gasteiger charge is 2.02. The number of rotatable bonds is 7. The maximum absolute atomic E-state index is 12.3. The Balaban J connectivity index is 1.87. The SMILES string of the molecule is COc1cccc(CNCc2ccnn2CCF)c1. The highest BCUT2D eigenvalue weighted by atomic mass is 19.1. The summed E-state index contributed by atoms with van der Waals surface area (Å²) >= 11 is 0. The van der Waals surface area contributed by atoms with Gasteiger partial charge in [-0.05, 0) is 23.8 Å². The number of nitrogens with zero attached hydrogens (tertiary/aromatic N) is 2. The van der Waals surface area contributed by atoms with Crippen LogP contribution in [0.3, 0.4) is 0 Å². The van der Waals surface area contributed by atoms with E-state index in [1.807, 2.05) is 30.3 Å². The molecule has 4 nitrogen and oxygen atoms in total. The normalized spacial score (nSPS) is 10.6. The summed E-state index contributed by atoms with van der Waals surface area (Å²) in [6.45, 7) is 1.31. The third-order valence-electron chi connectivity index (χ3n) is 2.87. The van der Waals surface area contributed by atoms with Gasteiger partial charge in [0.2, 0.25) is 0 Å². The summed E-state index contributed by atoms with van der Waals surface area (Å²) in [5.41, 5.74) is 2.14. The maximum atomic E-state index is 12.3. The Morgan fingerprint density at radius 3 is 3.00 bits per heavy atom. The monoisotopic (exact) mass is 263 g/mol. The minimum absolute atomic E-state index is 0.309. The van der Waals surface area contributed by atoms with Gasteiger partial charge in [-0.25, -0.2) is 4.39 Å². The zero-order valence-corrected chi connectivity index (χ0v) is 11.0. The van der Waals surface area contributed by atoms with Gasteiger partial charge in [0.05, 0.1) is 19.3 Å². The lowest BCUT2D eigenvalue weighted by atomic mass is 10.2. The summed E-state index contributed by atoms with van der Waals surface area (Å²) in [6, 6.07) is 9.80. The van der Waals surface area contributed by atoms with Crippen LogP contribution in [0.25, 0.3) is 0 Å². The molecule has 0 saturated carbocycles. The van der Waals surface area contributed by atoms with Gasteiger partial charge in [0.15, 0.2) is 0 Å². The smallest absolute Gasteiger partial charge is 0.119 e. The van der Waals surface area contributed by atoms with Crippen LogP contribution in [0, 0.1) is 0 Å². The van der Waals surface area contributed by atoms with Gasteiger partial charge in [0.1, 0.15) is 12.4 Å². The fourth-order valence-electron chi connectivity index (χ4n) is 1.91. The van der Waals surface area contributed by atoms with Gasteiger partial charge in [0.25, 0.3) is 0 Å². The molecule has 1 heterocycles. The van der Waals surface area contributed by atoms with Crippen LogP contribution < -0.4 is 10.1 Å². The van der Waals surface area contributed by atoms with Crippen LogP contribution in [0.15, 0.2) is 36.5 Å². The Labute approximate surface area is 112 Å². The molecule has 2 aromatic rings. The van der Waals surface area contributed by atoms with Crippen molar-refractivity contribution in [1.82, 2.24) is 15.1 Å². The molecule has 0 spiro atoms. The van der Waals surface area contributed by atoms with Crippen molar-refractivity contribution >= 4 is 0 Å². The van der Waals surface area contributed by atoms with Crippen LogP contribution in [0.5, 0.6) is 5.75 Å². The molecule has 0 atom stereocenters. The number of hydrogen-bond acceptors (Lipinski definition) is 3. The highest BCUT2D eigenvalue weighted by molar-refractivity contribution is 5.28. The first-order chi connectivity index (χ1) is 9.33. The Bertz CT molecular complexity index is 513. The molecule has 1 aromatic heterocycles. The van der Waals surface area contributed by atoms with Crippen LogP contribution in [-0.4, -0.2) is 23.6 Å². The number of aromatic nitrogens is 2. The van der Waals surface area contributed by atoms with E-state index in [-0.39, 0.29) is 0 Å². The highest BCUT2D eigenvalue weighted by Crippen LogP contribution is 2.12. The molecule has 1 N–H and O–H groups in total. The number of ether oxygens (including phenoxy) is 1. The molecule has 5 heteroatoms. The molecule has 0 aliphatic carbocycles. The lowest BCUT2D eigenvalue weighted by Gasteiger charge is -2.08. The Hall–Kier alpha value is -1.88.